The van der Waals surface area contributed by atoms with Crippen molar-refractivity contribution < 1.29 is 4.79 Å². The molecule has 7 nitrogen and oxygen atoms in total. The summed E-state index contributed by atoms with van der Waals surface area (Å²) in [5.41, 5.74) is 9.16. The molecule has 1 aliphatic heterocycles. The first-order chi connectivity index (χ1) is 12.2. The van der Waals surface area contributed by atoms with Crippen LogP contribution < -0.4 is 16.2 Å². The number of carbonyl (C=O) groups is 1. The molecule has 0 spiro atoms. The number of aromatic amines is 1. The summed E-state index contributed by atoms with van der Waals surface area (Å²) in [7, 11) is 0. The first-order valence-electron chi connectivity index (χ1n) is 8.37. The third-order valence-corrected chi connectivity index (χ3v) is 4.48. The smallest absolute Gasteiger partial charge is 0.239 e. The summed E-state index contributed by atoms with van der Waals surface area (Å²) in [6, 6.07) is 11.3. The number of aromatic nitrogens is 3. The normalized spacial score (nSPS) is 21.3. The van der Waals surface area contributed by atoms with E-state index in [1.54, 1.807) is 6.20 Å². The first kappa shape index (κ1) is 15.7. The number of fused-ring (bicyclic) bond motifs is 1. The van der Waals surface area contributed by atoms with Crippen molar-refractivity contribution in [1.82, 2.24) is 31.1 Å². The lowest BCUT2D eigenvalue weighted by Crippen LogP contribution is -2.44. The monoisotopic (exact) mass is 336 g/mol. The summed E-state index contributed by atoms with van der Waals surface area (Å²) in [5.74, 6) is 0.705. The van der Waals surface area contributed by atoms with E-state index in [0.717, 1.165) is 22.4 Å². The fraction of sp³-hybridized carbons (Fsp3) is 0.278. The highest BCUT2D eigenvalue weighted by molar-refractivity contribution is 5.82. The molecule has 4 N–H and O–H groups in total. The van der Waals surface area contributed by atoms with Crippen LogP contribution in [0, 0.1) is 0 Å². The maximum Gasteiger partial charge on any atom is 0.239 e. The summed E-state index contributed by atoms with van der Waals surface area (Å²) in [6.45, 7) is 1.93. The van der Waals surface area contributed by atoms with E-state index in [1.165, 1.54) is 0 Å². The molecule has 1 aromatic carbocycles. The molecule has 3 aromatic rings. The van der Waals surface area contributed by atoms with Crippen LogP contribution in [0.1, 0.15) is 36.8 Å². The number of benzene rings is 1. The Morgan fingerprint density at radius 2 is 2.12 bits per heavy atom. The minimum atomic E-state index is -0.294. The molecule has 0 aliphatic carbocycles. The topological polar surface area (TPSA) is 94.7 Å². The SMILES string of the molecule is CC(NC(=O)C1CC(c2cccnc2)NN1)c1nc2ccccc2[nH]1. The lowest BCUT2D eigenvalue weighted by Gasteiger charge is -2.15. The first-order valence-corrected chi connectivity index (χ1v) is 8.37. The molecule has 25 heavy (non-hydrogen) atoms. The van der Waals surface area contributed by atoms with Crippen molar-refractivity contribution in [3.8, 4) is 0 Å². The Kier molecular flexibility index (Phi) is 4.17. The number of rotatable bonds is 4. The molecule has 1 amide bonds. The molecule has 7 heteroatoms. The summed E-state index contributed by atoms with van der Waals surface area (Å²) in [6.07, 6.45) is 4.23. The van der Waals surface area contributed by atoms with E-state index in [4.69, 9.17) is 0 Å². The van der Waals surface area contributed by atoms with E-state index in [-0.39, 0.29) is 24.0 Å². The Labute approximate surface area is 145 Å². The van der Waals surface area contributed by atoms with Gasteiger partial charge >= 0.3 is 0 Å². The zero-order chi connectivity index (χ0) is 17.2. The minimum Gasteiger partial charge on any atom is -0.345 e. The quantitative estimate of drug-likeness (QED) is 0.582. The van der Waals surface area contributed by atoms with Gasteiger partial charge in [0.2, 0.25) is 5.91 Å². The third kappa shape index (κ3) is 3.24. The molecule has 1 fully saturated rings. The molecule has 0 radical (unpaired) electrons. The van der Waals surface area contributed by atoms with E-state index < -0.39 is 0 Å². The average molecular weight is 336 g/mol. The molecule has 128 valence electrons. The van der Waals surface area contributed by atoms with Gasteiger partial charge in [-0.05, 0) is 37.1 Å². The van der Waals surface area contributed by atoms with E-state index in [9.17, 15) is 4.79 Å². The average Bonchev–Trinajstić information content (AvgIpc) is 3.29. The van der Waals surface area contributed by atoms with E-state index in [2.05, 4.69) is 31.1 Å². The second-order valence-corrected chi connectivity index (χ2v) is 6.29. The van der Waals surface area contributed by atoms with E-state index >= 15 is 0 Å². The van der Waals surface area contributed by atoms with Crippen molar-refractivity contribution >= 4 is 16.9 Å². The molecular weight excluding hydrogens is 316 g/mol. The maximum atomic E-state index is 12.6. The highest BCUT2D eigenvalue weighted by atomic mass is 16.2. The number of hydrazine groups is 1. The maximum absolute atomic E-state index is 12.6. The third-order valence-electron chi connectivity index (χ3n) is 4.48. The highest BCUT2D eigenvalue weighted by Gasteiger charge is 2.31. The molecule has 4 rings (SSSR count). The Hall–Kier alpha value is -2.77. The van der Waals surface area contributed by atoms with Gasteiger partial charge in [-0.2, -0.15) is 0 Å². The van der Waals surface area contributed by atoms with Crippen LogP contribution in [0.4, 0.5) is 0 Å². The van der Waals surface area contributed by atoms with E-state index in [1.807, 2.05) is 49.5 Å². The van der Waals surface area contributed by atoms with Crippen molar-refractivity contribution in [3.05, 3.63) is 60.2 Å². The lowest BCUT2D eigenvalue weighted by atomic mass is 10.0. The number of nitrogens with one attached hydrogen (secondary N) is 4. The second kappa shape index (κ2) is 6.62. The molecule has 0 saturated carbocycles. The van der Waals surface area contributed by atoms with Gasteiger partial charge in [-0.25, -0.2) is 15.8 Å². The van der Waals surface area contributed by atoms with Gasteiger partial charge in [-0.1, -0.05) is 18.2 Å². The van der Waals surface area contributed by atoms with Crippen molar-refractivity contribution in [3.63, 3.8) is 0 Å². The Balaban J connectivity index is 1.40. The highest BCUT2D eigenvalue weighted by Crippen LogP contribution is 2.22. The van der Waals surface area contributed by atoms with Crippen LogP contribution in [0.3, 0.4) is 0 Å². The molecular formula is C18H20N6O. The Morgan fingerprint density at radius 3 is 2.92 bits per heavy atom. The number of nitrogens with zero attached hydrogens (tertiary/aromatic N) is 2. The molecule has 2 aromatic heterocycles. The van der Waals surface area contributed by atoms with Gasteiger partial charge in [0, 0.05) is 18.4 Å². The van der Waals surface area contributed by atoms with Crippen LogP contribution in [0.25, 0.3) is 11.0 Å². The van der Waals surface area contributed by atoms with Crippen LogP contribution >= 0.6 is 0 Å². The number of carbonyl (C=O) groups excluding carboxylic acids is 1. The molecule has 3 unspecified atom stereocenters. The molecule has 1 saturated heterocycles. The standard InChI is InChI=1S/C18H20N6O/c1-11(17-21-13-6-2-3-7-14(13)22-17)20-18(25)16-9-15(23-24-16)12-5-4-8-19-10-12/h2-8,10-11,15-16,23-24H,9H2,1H3,(H,20,25)(H,21,22). The minimum absolute atomic E-state index is 0.0492. The Bertz CT molecular complexity index is 844. The zero-order valence-electron chi connectivity index (χ0n) is 13.9. The van der Waals surface area contributed by atoms with Gasteiger partial charge < -0.3 is 10.3 Å². The zero-order valence-corrected chi connectivity index (χ0v) is 13.9. The largest absolute Gasteiger partial charge is 0.345 e. The molecule has 3 heterocycles. The number of pyridine rings is 1. The number of hydrogen-bond acceptors (Lipinski definition) is 5. The van der Waals surface area contributed by atoms with Crippen LogP contribution in [-0.4, -0.2) is 26.9 Å². The van der Waals surface area contributed by atoms with Crippen molar-refractivity contribution in [2.24, 2.45) is 0 Å². The fourth-order valence-electron chi connectivity index (χ4n) is 3.09. The second-order valence-electron chi connectivity index (χ2n) is 6.29. The van der Waals surface area contributed by atoms with Gasteiger partial charge in [0.15, 0.2) is 0 Å². The Morgan fingerprint density at radius 1 is 1.24 bits per heavy atom. The number of imidazole rings is 1. The van der Waals surface area contributed by atoms with Crippen LogP contribution in [0.15, 0.2) is 48.8 Å². The summed E-state index contributed by atoms with van der Waals surface area (Å²) >= 11 is 0. The number of amides is 1. The summed E-state index contributed by atoms with van der Waals surface area (Å²) < 4.78 is 0. The van der Waals surface area contributed by atoms with Crippen molar-refractivity contribution in [2.75, 3.05) is 0 Å². The summed E-state index contributed by atoms with van der Waals surface area (Å²) in [4.78, 5) is 24.5. The van der Waals surface area contributed by atoms with Gasteiger partial charge in [0.05, 0.1) is 17.1 Å². The van der Waals surface area contributed by atoms with E-state index in [0.29, 0.717) is 6.42 Å². The summed E-state index contributed by atoms with van der Waals surface area (Å²) in [5, 5.41) is 3.02. The van der Waals surface area contributed by atoms with Gasteiger partial charge in [0.25, 0.3) is 0 Å². The molecule has 1 aliphatic rings. The van der Waals surface area contributed by atoms with Crippen LogP contribution in [0.5, 0.6) is 0 Å². The van der Waals surface area contributed by atoms with Crippen LogP contribution in [-0.2, 0) is 4.79 Å². The number of hydrogen-bond donors (Lipinski definition) is 4. The van der Waals surface area contributed by atoms with Crippen molar-refractivity contribution in [1.29, 1.82) is 0 Å². The molecule has 0 bridgehead atoms. The van der Waals surface area contributed by atoms with Gasteiger partial charge in [-0.3, -0.25) is 9.78 Å². The molecule has 3 atom stereocenters. The van der Waals surface area contributed by atoms with Crippen molar-refractivity contribution in [2.45, 2.75) is 31.5 Å². The predicted molar refractivity (Wildman–Crippen MR) is 94.3 cm³/mol. The van der Waals surface area contributed by atoms with Crippen LogP contribution in [0.2, 0.25) is 0 Å². The van der Waals surface area contributed by atoms with Gasteiger partial charge in [0.1, 0.15) is 11.9 Å². The van der Waals surface area contributed by atoms with Gasteiger partial charge in [-0.15, -0.1) is 0 Å². The lowest BCUT2D eigenvalue weighted by molar-refractivity contribution is -0.123. The fourth-order valence-corrected chi connectivity index (χ4v) is 3.09. The number of H-pyrrole nitrogens is 1. The number of para-hydroxylation sites is 2. The predicted octanol–water partition coefficient (Wildman–Crippen LogP) is 1.74.